The Bertz CT molecular complexity index is 504. The second kappa shape index (κ2) is 6.35. The highest BCUT2D eigenvalue weighted by Crippen LogP contribution is 2.29. The Labute approximate surface area is 119 Å². The zero-order valence-corrected chi connectivity index (χ0v) is 13.1. The minimum absolute atomic E-state index is 0.0300. The van der Waals surface area contributed by atoms with E-state index in [0.717, 1.165) is 18.4 Å². The van der Waals surface area contributed by atoms with Crippen LogP contribution in [0.15, 0.2) is 15.7 Å². The van der Waals surface area contributed by atoms with Gasteiger partial charge in [0.1, 0.15) is 4.21 Å². The maximum absolute atomic E-state index is 12.3. The Morgan fingerprint density at radius 3 is 2.74 bits per heavy atom. The Morgan fingerprint density at radius 2 is 2.11 bits per heavy atom. The maximum Gasteiger partial charge on any atom is 0.250 e. The normalized spacial score (nSPS) is 18.8. The van der Waals surface area contributed by atoms with Crippen molar-refractivity contribution in [2.24, 2.45) is 5.92 Å². The molecule has 2 N–H and O–H groups in total. The molecular formula is C13H22N2O2S2. The van der Waals surface area contributed by atoms with E-state index < -0.39 is 10.0 Å². The third kappa shape index (κ3) is 3.78. The molecule has 19 heavy (non-hydrogen) atoms. The molecule has 1 aliphatic carbocycles. The van der Waals surface area contributed by atoms with E-state index in [9.17, 15) is 8.42 Å². The first-order chi connectivity index (χ1) is 9.03. The summed E-state index contributed by atoms with van der Waals surface area (Å²) in [4.78, 5) is 0. The van der Waals surface area contributed by atoms with Gasteiger partial charge in [0.25, 0.3) is 0 Å². The van der Waals surface area contributed by atoms with Crippen LogP contribution in [0.25, 0.3) is 0 Å². The van der Waals surface area contributed by atoms with Crippen LogP contribution in [0.3, 0.4) is 0 Å². The van der Waals surface area contributed by atoms with Crippen LogP contribution < -0.4 is 10.0 Å². The molecule has 1 aromatic rings. The fourth-order valence-electron chi connectivity index (χ4n) is 2.65. The molecule has 6 heteroatoms. The van der Waals surface area contributed by atoms with E-state index in [1.807, 2.05) is 19.4 Å². The molecule has 1 heterocycles. The van der Waals surface area contributed by atoms with Gasteiger partial charge in [0.15, 0.2) is 0 Å². The molecule has 0 amide bonds. The van der Waals surface area contributed by atoms with Gasteiger partial charge in [-0.05, 0) is 49.7 Å². The average molecular weight is 302 g/mol. The summed E-state index contributed by atoms with van der Waals surface area (Å²) in [6.07, 6.45) is 4.72. The zero-order chi connectivity index (χ0) is 13.9. The van der Waals surface area contributed by atoms with E-state index in [1.54, 1.807) is 6.07 Å². The lowest BCUT2D eigenvalue weighted by atomic mass is 10.0. The molecule has 0 aliphatic heterocycles. The molecule has 0 bridgehead atoms. The predicted octanol–water partition coefficient (Wildman–Crippen LogP) is 2.32. The summed E-state index contributed by atoms with van der Waals surface area (Å²) in [5, 5.41) is 4.92. The minimum atomic E-state index is -3.35. The first kappa shape index (κ1) is 15.0. The Morgan fingerprint density at radius 1 is 1.42 bits per heavy atom. The zero-order valence-electron chi connectivity index (χ0n) is 11.5. The Kier molecular flexibility index (Phi) is 5.00. The fraction of sp³-hybridized carbons (Fsp3) is 0.692. The number of thiophene rings is 1. The van der Waals surface area contributed by atoms with Gasteiger partial charge in [-0.25, -0.2) is 13.1 Å². The second-order valence-electron chi connectivity index (χ2n) is 5.26. The smallest absolute Gasteiger partial charge is 0.250 e. The Hall–Kier alpha value is -0.430. The molecule has 1 saturated carbocycles. The number of sulfonamides is 1. The van der Waals surface area contributed by atoms with Crippen LogP contribution in [-0.4, -0.2) is 21.5 Å². The molecule has 4 nitrogen and oxygen atoms in total. The van der Waals surface area contributed by atoms with Gasteiger partial charge in [0.2, 0.25) is 10.0 Å². The minimum Gasteiger partial charge on any atom is -0.316 e. The molecule has 1 unspecified atom stereocenters. The number of rotatable bonds is 6. The van der Waals surface area contributed by atoms with Crippen molar-refractivity contribution in [1.82, 2.24) is 10.0 Å². The van der Waals surface area contributed by atoms with Crippen molar-refractivity contribution in [2.45, 2.75) is 49.4 Å². The first-order valence-corrected chi connectivity index (χ1v) is 9.13. The first-order valence-electron chi connectivity index (χ1n) is 6.77. The quantitative estimate of drug-likeness (QED) is 0.848. The van der Waals surface area contributed by atoms with Crippen molar-refractivity contribution in [3.63, 3.8) is 0 Å². The maximum atomic E-state index is 12.3. The van der Waals surface area contributed by atoms with Crippen molar-refractivity contribution in [2.75, 3.05) is 7.05 Å². The third-order valence-electron chi connectivity index (χ3n) is 3.72. The summed E-state index contributed by atoms with van der Waals surface area (Å²) in [6, 6.07) is 1.78. The van der Waals surface area contributed by atoms with Gasteiger partial charge in [-0.2, -0.15) is 0 Å². The lowest BCUT2D eigenvalue weighted by Crippen LogP contribution is -2.36. The SMILES string of the molecule is CNCc1csc(S(=O)(=O)NC(C)C2CCCC2)c1. The van der Waals surface area contributed by atoms with Crippen molar-refractivity contribution < 1.29 is 8.42 Å². The summed E-state index contributed by atoms with van der Waals surface area (Å²) < 4.78 is 27.8. The van der Waals surface area contributed by atoms with Gasteiger partial charge in [-0.1, -0.05) is 12.8 Å². The topological polar surface area (TPSA) is 58.2 Å². The van der Waals surface area contributed by atoms with Gasteiger partial charge in [0.05, 0.1) is 0 Å². The van der Waals surface area contributed by atoms with Crippen molar-refractivity contribution in [1.29, 1.82) is 0 Å². The van der Waals surface area contributed by atoms with Crippen LogP contribution in [0.1, 0.15) is 38.2 Å². The number of nitrogens with one attached hydrogen (secondary N) is 2. The molecule has 1 atom stereocenters. The standard InChI is InChI=1S/C13H22N2O2S2/c1-10(12-5-3-4-6-12)15-19(16,17)13-7-11(8-14-2)9-18-13/h7,9-10,12,14-15H,3-6,8H2,1-2H3. The van der Waals surface area contributed by atoms with Crippen LogP contribution in [0.2, 0.25) is 0 Å². The number of hydrogen-bond acceptors (Lipinski definition) is 4. The Balaban J connectivity index is 2.03. The lowest BCUT2D eigenvalue weighted by Gasteiger charge is -2.19. The molecule has 108 valence electrons. The van der Waals surface area contributed by atoms with E-state index in [-0.39, 0.29) is 6.04 Å². The largest absolute Gasteiger partial charge is 0.316 e. The van der Waals surface area contributed by atoms with Crippen LogP contribution >= 0.6 is 11.3 Å². The van der Waals surface area contributed by atoms with E-state index >= 15 is 0 Å². The van der Waals surface area contributed by atoms with Gasteiger partial charge in [-0.15, -0.1) is 11.3 Å². The molecule has 1 aromatic heterocycles. The molecule has 0 spiro atoms. The molecule has 0 saturated heterocycles. The van der Waals surface area contributed by atoms with Crippen LogP contribution in [-0.2, 0) is 16.6 Å². The average Bonchev–Trinajstić information content (AvgIpc) is 2.99. The van der Waals surface area contributed by atoms with Crippen LogP contribution in [0.5, 0.6) is 0 Å². The van der Waals surface area contributed by atoms with Gasteiger partial charge in [0, 0.05) is 12.6 Å². The number of hydrogen-bond donors (Lipinski definition) is 2. The van der Waals surface area contributed by atoms with E-state index in [2.05, 4.69) is 10.0 Å². The fourth-order valence-corrected chi connectivity index (χ4v) is 5.19. The summed E-state index contributed by atoms with van der Waals surface area (Å²) >= 11 is 1.29. The predicted molar refractivity (Wildman–Crippen MR) is 78.8 cm³/mol. The van der Waals surface area contributed by atoms with Gasteiger partial charge >= 0.3 is 0 Å². The molecule has 0 aromatic carbocycles. The van der Waals surface area contributed by atoms with Gasteiger partial charge in [-0.3, -0.25) is 0 Å². The van der Waals surface area contributed by atoms with E-state index in [0.29, 0.717) is 16.7 Å². The summed E-state index contributed by atoms with van der Waals surface area (Å²) in [5.41, 5.74) is 1.02. The molecule has 2 rings (SSSR count). The molecular weight excluding hydrogens is 280 g/mol. The second-order valence-corrected chi connectivity index (χ2v) is 8.11. The summed E-state index contributed by atoms with van der Waals surface area (Å²) in [5.74, 6) is 0.492. The van der Waals surface area contributed by atoms with Gasteiger partial charge < -0.3 is 5.32 Å². The van der Waals surface area contributed by atoms with Crippen molar-refractivity contribution in [3.05, 3.63) is 17.0 Å². The highest BCUT2D eigenvalue weighted by Gasteiger charge is 2.26. The monoisotopic (exact) mass is 302 g/mol. The van der Waals surface area contributed by atoms with Crippen LogP contribution in [0, 0.1) is 5.92 Å². The van der Waals surface area contributed by atoms with E-state index in [1.165, 1.54) is 24.2 Å². The lowest BCUT2D eigenvalue weighted by molar-refractivity contribution is 0.424. The van der Waals surface area contributed by atoms with Crippen LogP contribution in [0.4, 0.5) is 0 Å². The molecule has 1 aliphatic rings. The highest BCUT2D eigenvalue weighted by molar-refractivity contribution is 7.91. The highest BCUT2D eigenvalue weighted by atomic mass is 32.2. The van der Waals surface area contributed by atoms with E-state index in [4.69, 9.17) is 0 Å². The summed E-state index contributed by atoms with van der Waals surface area (Å²) in [7, 11) is -1.50. The van der Waals surface area contributed by atoms with Crippen molar-refractivity contribution in [3.8, 4) is 0 Å². The molecule has 1 fully saturated rings. The summed E-state index contributed by atoms with van der Waals surface area (Å²) in [6.45, 7) is 2.68. The van der Waals surface area contributed by atoms with Crippen molar-refractivity contribution >= 4 is 21.4 Å². The molecule has 0 radical (unpaired) electrons. The third-order valence-corrected chi connectivity index (χ3v) is 6.77.